The number of likely N-dealkylation sites (tertiary alicyclic amines) is 1. The van der Waals surface area contributed by atoms with Crippen LogP contribution in [0.2, 0.25) is 0 Å². The monoisotopic (exact) mass is 336 g/mol. The average molecular weight is 337 g/mol. The minimum atomic E-state index is -0.704. The smallest absolute Gasteiger partial charge is 0.307 e. The minimum absolute atomic E-state index is 0. The zero-order valence-corrected chi connectivity index (χ0v) is 13.8. The first-order chi connectivity index (χ1) is 10.6. The Kier molecular flexibility index (Phi) is 5.74. The third kappa shape index (κ3) is 3.89. The highest BCUT2D eigenvalue weighted by atomic mass is 35.5. The first kappa shape index (κ1) is 17.4. The second-order valence-electron chi connectivity index (χ2n) is 5.77. The Morgan fingerprint density at radius 1 is 1.35 bits per heavy atom. The standard InChI is InChI=1S/C16H20N4O2.ClH/c1-12(19-9-5-6-13(10-19)16(21)22)15-11-20(18-17-15)14-7-3-2-4-8-14;/h2-4,7-8,11-13H,5-6,9-10H2,1H3,(H,21,22);1H. The van der Waals surface area contributed by atoms with Gasteiger partial charge in [0.05, 0.1) is 29.5 Å². The van der Waals surface area contributed by atoms with Gasteiger partial charge < -0.3 is 5.11 Å². The second kappa shape index (κ2) is 7.57. The number of carboxylic acid groups (broad SMARTS) is 1. The largest absolute Gasteiger partial charge is 0.481 e. The summed E-state index contributed by atoms with van der Waals surface area (Å²) in [6, 6.07) is 9.91. The molecule has 3 rings (SSSR count). The van der Waals surface area contributed by atoms with Gasteiger partial charge in [-0.15, -0.1) is 17.5 Å². The summed E-state index contributed by atoms with van der Waals surface area (Å²) in [5, 5.41) is 17.6. The first-order valence-electron chi connectivity index (χ1n) is 7.59. The molecule has 1 N–H and O–H groups in total. The van der Waals surface area contributed by atoms with Crippen molar-refractivity contribution in [1.82, 2.24) is 19.9 Å². The van der Waals surface area contributed by atoms with Crippen molar-refractivity contribution in [3.63, 3.8) is 0 Å². The van der Waals surface area contributed by atoms with Gasteiger partial charge in [0.15, 0.2) is 0 Å². The van der Waals surface area contributed by atoms with E-state index < -0.39 is 5.97 Å². The summed E-state index contributed by atoms with van der Waals surface area (Å²) in [5.74, 6) is -0.981. The maximum absolute atomic E-state index is 11.2. The molecular formula is C16H21ClN4O2. The lowest BCUT2D eigenvalue weighted by Gasteiger charge is -2.34. The number of hydrogen-bond acceptors (Lipinski definition) is 4. The molecule has 0 aliphatic carbocycles. The fourth-order valence-electron chi connectivity index (χ4n) is 2.92. The Balaban J connectivity index is 0.00000192. The van der Waals surface area contributed by atoms with Crippen LogP contribution in [0.25, 0.3) is 5.69 Å². The van der Waals surface area contributed by atoms with Crippen LogP contribution in [-0.4, -0.2) is 44.1 Å². The van der Waals surface area contributed by atoms with Crippen molar-refractivity contribution in [2.45, 2.75) is 25.8 Å². The van der Waals surface area contributed by atoms with Crippen LogP contribution < -0.4 is 0 Å². The Bertz CT molecular complexity index is 647. The van der Waals surface area contributed by atoms with E-state index in [1.165, 1.54) is 0 Å². The van der Waals surface area contributed by atoms with E-state index >= 15 is 0 Å². The van der Waals surface area contributed by atoms with Gasteiger partial charge in [-0.1, -0.05) is 23.4 Å². The van der Waals surface area contributed by atoms with Crippen molar-refractivity contribution < 1.29 is 9.90 Å². The van der Waals surface area contributed by atoms with Crippen LogP contribution in [0.1, 0.15) is 31.5 Å². The molecule has 7 heteroatoms. The highest BCUT2D eigenvalue weighted by Gasteiger charge is 2.29. The second-order valence-corrected chi connectivity index (χ2v) is 5.77. The molecule has 124 valence electrons. The maximum atomic E-state index is 11.2. The van der Waals surface area contributed by atoms with Crippen molar-refractivity contribution in [2.75, 3.05) is 13.1 Å². The number of aromatic nitrogens is 3. The summed E-state index contributed by atoms with van der Waals surface area (Å²) in [6.45, 7) is 3.54. The van der Waals surface area contributed by atoms with Crippen LogP contribution in [0.4, 0.5) is 0 Å². The number of carboxylic acids is 1. The summed E-state index contributed by atoms with van der Waals surface area (Å²) < 4.78 is 1.75. The summed E-state index contributed by atoms with van der Waals surface area (Å²) >= 11 is 0. The number of carbonyl (C=O) groups is 1. The molecule has 2 aromatic rings. The molecule has 1 aromatic carbocycles. The quantitative estimate of drug-likeness (QED) is 0.929. The summed E-state index contributed by atoms with van der Waals surface area (Å²) in [4.78, 5) is 13.4. The predicted molar refractivity (Wildman–Crippen MR) is 89.0 cm³/mol. The number of nitrogens with zero attached hydrogens (tertiary/aromatic N) is 4. The van der Waals surface area contributed by atoms with Crippen LogP contribution >= 0.6 is 12.4 Å². The van der Waals surface area contributed by atoms with Crippen LogP contribution in [-0.2, 0) is 4.79 Å². The van der Waals surface area contributed by atoms with E-state index in [9.17, 15) is 9.90 Å². The van der Waals surface area contributed by atoms with Gasteiger partial charge in [0.25, 0.3) is 0 Å². The van der Waals surface area contributed by atoms with E-state index in [1.807, 2.05) is 36.5 Å². The molecule has 1 saturated heterocycles. The molecule has 1 aliphatic rings. The molecule has 2 heterocycles. The number of hydrogen-bond donors (Lipinski definition) is 1. The molecule has 0 bridgehead atoms. The van der Waals surface area contributed by atoms with E-state index in [1.54, 1.807) is 4.68 Å². The van der Waals surface area contributed by atoms with Gasteiger partial charge in [-0.25, -0.2) is 4.68 Å². The third-order valence-corrected chi connectivity index (χ3v) is 4.31. The highest BCUT2D eigenvalue weighted by molar-refractivity contribution is 5.85. The number of halogens is 1. The highest BCUT2D eigenvalue weighted by Crippen LogP contribution is 2.25. The summed E-state index contributed by atoms with van der Waals surface area (Å²) in [7, 11) is 0. The molecule has 1 fully saturated rings. The van der Waals surface area contributed by atoms with Gasteiger partial charge in [0, 0.05) is 6.54 Å². The van der Waals surface area contributed by atoms with Crippen molar-refractivity contribution in [3.05, 3.63) is 42.2 Å². The van der Waals surface area contributed by atoms with Gasteiger partial charge >= 0.3 is 5.97 Å². The van der Waals surface area contributed by atoms with Gasteiger partial charge in [0.2, 0.25) is 0 Å². The fraction of sp³-hybridized carbons (Fsp3) is 0.438. The van der Waals surface area contributed by atoms with Crippen LogP contribution in [0.15, 0.2) is 36.5 Å². The molecule has 0 radical (unpaired) electrons. The predicted octanol–water partition coefficient (Wildman–Crippen LogP) is 2.55. The minimum Gasteiger partial charge on any atom is -0.481 e. The Hall–Kier alpha value is -1.92. The van der Waals surface area contributed by atoms with Crippen molar-refractivity contribution in [2.24, 2.45) is 5.92 Å². The van der Waals surface area contributed by atoms with E-state index in [0.29, 0.717) is 6.54 Å². The number of para-hydroxylation sites is 1. The zero-order chi connectivity index (χ0) is 15.5. The number of piperidine rings is 1. The van der Waals surface area contributed by atoms with Crippen molar-refractivity contribution >= 4 is 18.4 Å². The van der Waals surface area contributed by atoms with Gasteiger partial charge in [-0.2, -0.15) is 0 Å². The maximum Gasteiger partial charge on any atom is 0.307 e. The molecule has 0 saturated carbocycles. The van der Waals surface area contributed by atoms with Crippen LogP contribution in [0.3, 0.4) is 0 Å². The van der Waals surface area contributed by atoms with Gasteiger partial charge in [-0.3, -0.25) is 9.69 Å². The summed E-state index contributed by atoms with van der Waals surface area (Å²) in [5.41, 5.74) is 1.84. The SMILES string of the molecule is CC(c1cn(-c2ccccc2)nn1)N1CCCC(C(=O)O)C1.Cl. The van der Waals surface area contributed by atoms with Gasteiger partial charge in [-0.05, 0) is 38.4 Å². The van der Waals surface area contributed by atoms with Crippen LogP contribution in [0.5, 0.6) is 0 Å². The number of aliphatic carboxylic acids is 1. The molecule has 0 spiro atoms. The Morgan fingerprint density at radius 2 is 2.09 bits per heavy atom. The van der Waals surface area contributed by atoms with E-state index in [4.69, 9.17) is 0 Å². The van der Waals surface area contributed by atoms with Crippen LogP contribution in [0, 0.1) is 5.92 Å². The van der Waals surface area contributed by atoms with E-state index in [2.05, 4.69) is 22.1 Å². The topological polar surface area (TPSA) is 71.2 Å². The zero-order valence-electron chi connectivity index (χ0n) is 13.0. The molecule has 23 heavy (non-hydrogen) atoms. The molecule has 1 aliphatic heterocycles. The average Bonchev–Trinajstić information content (AvgIpc) is 3.05. The molecule has 2 atom stereocenters. The molecule has 1 aromatic heterocycles. The first-order valence-corrected chi connectivity index (χ1v) is 7.59. The Labute approximate surface area is 141 Å². The van der Waals surface area contributed by atoms with Gasteiger partial charge in [0.1, 0.15) is 0 Å². The lowest BCUT2D eigenvalue weighted by atomic mass is 9.96. The molecule has 6 nitrogen and oxygen atoms in total. The number of benzene rings is 1. The molecular weight excluding hydrogens is 316 g/mol. The van der Waals surface area contributed by atoms with Crippen molar-refractivity contribution in [3.8, 4) is 5.69 Å². The Morgan fingerprint density at radius 3 is 2.78 bits per heavy atom. The number of rotatable bonds is 4. The van der Waals surface area contributed by atoms with Crippen molar-refractivity contribution in [1.29, 1.82) is 0 Å². The third-order valence-electron chi connectivity index (χ3n) is 4.31. The van der Waals surface area contributed by atoms with E-state index in [-0.39, 0.29) is 24.4 Å². The summed E-state index contributed by atoms with van der Waals surface area (Å²) in [6.07, 6.45) is 3.59. The lowest BCUT2D eigenvalue weighted by molar-refractivity contribution is -0.143. The molecule has 2 unspecified atom stereocenters. The normalized spacial score (nSPS) is 19.8. The molecule has 0 amide bonds. The van der Waals surface area contributed by atoms with E-state index in [0.717, 1.165) is 30.8 Å². The fourth-order valence-corrected chi connectivity index (χ4v) is 2.92. The lowest BCUT2D eigenvalue weighted by Crippen LogP contribution is -2.40.